The predicted octanol–water partition coefficient (Wildman–Crippen LogP) is 24.1. The van der Waals surface area contributed by atoms with Crippen LogP contribution in [0.4, 0.5) is 0 Å². The summed E-state index contributed by atoms with van der Waals surface area (Å²) in [6.45, 7) is 6.60. The first kappa shape index (κ1) is 76.4. The highest BCUT2D eigenvalue weighted by atomic mass is 16.6. The van der Waals surface area contributed by atoms with Gasteiger partial charge in [0.2, 0.25) is 0 Å². The van der Waals surface area contributed by atoms with Gasteiger partial charge in [-0.25, -0.2) is 0 Å². The second kappa shape index (κ2) is 67.9. The number of hydrogen-bond donors (Lipinski definition) is 0. The highest BCUT2D eigenvalue weighted by Crippen LogP contribution is 2.19. The van der Waals surface area contributed by atoms with Gasteiger partial charge in [0.15, 0.2) is 6.10 Å². The van der Waals surface area contributed by atoms with Crippen LogP contribution in [0.25, 0.3) is 0 Å². The van der Waals surface area contributed by atoms with E-state index in [9.17, 15) is 14.4 Å². The van der Waals surface area contributed by atoms with E-state index in [2.05, 4.69) is 69.4 Å². The summed E-state index contributed by atoms with van der Waals surface area (Å²) in [7, 11) is 0. The Hall–Kier alpha value is -2.63. The van der Waals surface area contributed by atoms with E-state index in [4.69, 9.17) is 14.2 Å². The number of carbonyl (C=O) groups is 3. The van der Waals surface area contributed by atoms with Gasteiger partial charge in [-0.2, -0.15) is 0 Å². The van der Waals surface area contributed by atoms with E-state index in [0.29, 0.717) is 19.3 Å². The number of carbonyl (C=O) groups excluding carboxylic acids is 3. The van der Waals surface area contributed by atoms with Crippen LogP contribution in [0.2, 0.25) is 0 Å². The van der Waals surface area contributed by atoms with Crippen LogP contribution in [0, 0.1) is 0 Å². The summed E-state index contributed by atoms with van der Waals surface area (Å²) in [5.74, 6) is -0.834. The first-order valence-corrected chi connectivity index (χ1v) is 35.1. The molecule has 0 aromatic heterocycles. The Morgan fingerprint density at radius 2 is 0.494 bits per heavy atom. The maximum Gasteiger partial charge on any atom is 0.306 e. The summed E-state index contributed by atoms with van der Waals surface area (Å²) in [5, 5.41) is 0. The minimum Gasteiger partial charge on any atom is -0.462 e. The lowest BCUT2D eigenvalue weighted by Gasteiger charge is -2.18. The van der Waals surface area contributed by atoms with Crippen LogP contribution in [0.3, 0.4) is 0 Å². The van der Waals surface area contributed by atoms with Crippen LogP contribution in [0.5, 0.6) is 0 Å². The molecule has 79 heavy (non-hydrogen) atoms. The van der Waals surface area contributed by atoms with E-state index in [-0.39, 0.29) is 31.1 Å². The molecule has 462 valence electrons. The molecule has 6 nitrogen and oxygen atoms in total. The summed E-state index contributed by atoms with van der Waals surface area (Å²) in [5.41, 5.74) is 0. The van der Waals surface area contributed by atoms with Crippen molar-refractivity contribution in [1.82, 2.24) is 0 Å². The van der Waals surface area contributed by atoms with Crippen molar-refractivity contribution in [3.05, 3.63) is 48.6 Å². The molecule has 6 heteroatoms. The first-order valence-electron chi connectivity index (χ1n) is 35.1. The molecular weight excluding hydrogens is 973 g/mol. The number of unbranched alkanes of at least 4 members (excludes halogenated alkanes) is 46. The molecule has 0 spiro atoms. The highest BCUT2D eigenvalue weighted by Gasteiger charge is 2.19. The molecule has 0 heterocycles. The van der Waals surface area contributed by atoms with Gasteiger partial charge in [0.05, 0.1) is 0 Å². The van der Waals surface area contributed by atoms with Crippen molar-refractivity contribution in [2.24, 2.45) is 0 Å². The lowest BCUT2D eigenvalue weighted by Crippen LogP contribution is -2.30. The monoisotopic (exact) mass is 1110 g/mol. The normalized spacial score (nSPS) is 12.3. The summed E-state index contributed by atoms with van der Waals surface area (Å²) in [6.07, 6.45) is 85.6. The SMILES string of the molecule is CC/C=C\C/C=C\C/C=C\C/C=C\CCCCCCCCCCCCCCCCCCC(=O)OCC(COC(=O)CCCCCCCCCCCCCCCCCC)OC(=O)CCCCCCCCCCCCCCCCCC. The third-order valence-corrected chi connectivity index (χ3v) is 15.8. The Morgan fingerprint density at radius 1 is 0.266 bits per heavy atom. The maximum absolute atomic E-state index is 12.9. The van der Waals surface area contributed by atoms with E-state index >= 15 is 0 Å². The molecule has 1 atom stereocenters. The molecule has 0 N–H and O–H groups in total. The lowest BCUT2D eigenvalue weighted by atomic mass is 10.0. The van der Waals surface area contributed by atoms with Crippen molar-refractivity contribution >= 4 is 17.9 Å². The molecule has 0 aromatic rings. The van der Waals surface area contributed by atoms with Crippen LogP contribution >= 0.6 is 0 Å². The minimum absolute atomic E-state index is 0.0652. The molecule has 0 saturated carbocycles. The molecule has 0 aromatic carbocycles. The molecule has 0 amide bonds. The van der Waals surface area contributed by atoms with E-state index in [1.54, 1.807) is 0 Å². The zero-order valence-corrected chi connectivity index (χ0v) is 53.2. The predicted molar refractivity (Wildman–Crippen MR) is 344 cm³/mol. The largest absolute Gasteiger partial charge is 0.462 e. The Kier molecular flexibility index (Phi) is 65.6. The molecule has 0 rings (SSSR count). The van der Waals surface area contributed by atoms with Crippen LogP contribution in [0.1, 0.15) is 380 Å². The van der Waals surface area contributed by atoms with Gasteiger partial charge in [0.1, 0.15) is 13.2 Å². The van der Waals surface area contributed by atoms with Crippen LogP contribution in [0.15, 0.2) is 48.6 Å². The van der Waals surface area contributed by atoms with E-state index in [1.165, 1.54) is 257 Å². The van der Waals surface area contributed by atoms with Crippen molar-refractivity contribution < 1.29 is 28.6 Å². The molecule has 0 bridgehead atoms. The second-order valence-corrected chi connectivity index (χ2v) is 23.8. The van der Waals surface area contributed by atoms with Gasteiger partial charge < -0.3 is 14.2 Å². The average molecular weight is 1110 g/mol. The quantitative estimate of drug-likeness (QED) is 0.0261. The lowest BCUT2D eigenvalue weighted by molar-refractivity contribution is -0.167. The highest BCUT2D eigenvalue weighted by molar-refractivity contribution is 5.71. The standard InChI is InChI=1S/C73H134O6/c1-4-7-10-13-16-19-22-25-28-31-32-33-34-35-36-37-38-39-40-41-42-43-46-48-51-54-57-60-63-66-72(75)78-69-70(79-73(76)67-64-61-58-55-52-49-45-30-27-24-21-18-15-12-9-6-3)68-77-71(74)65-62-59-56-53-50-47-44-29-26-23-20-17-14-11-8-5-2/h7,10,16,19,25,28,32-33,70H,4-6,8-9,11-15,17-18,20-24,26-27,29-31,34-69H2,1-3H3/b10-7-,19-16-,28-25-,33-32-. The zero-order chi connectivity index (χ0) is 57.1. The van der Waals surface area contributed by atoms with Crippen molar-refractivity contribution in [2.45, 2.75) is 386 Å². The van der Waals surface area contributed by atoms with Gasteiger partial charge >= 0.3 is 17.9 Å². The van der Waals surface area contributed by atoms with Gasteiger partial charge in [-0.1, -0.05) is 352 Å². The molecular formula is C73H134O6. The van der Waals surface area contributed by atoms with Crippen molar-refractivity contribution in [1.29, 1.82) is 0 Å². The van der Waals surface area contributed by atoms with E-state index < -0.39 is 6.10 Å². The third-order valence-electron chi connectivity index (χ3n) is 15.8. The fourth-order valence-corrected chi connectivity index (χ4v) is 10.6. The van der Waals surface area contributed by atoms with Gasteiger partial charge in [-0.05, 0) is 57.8 Å². The topological polar surface area (TPSA) is 78.9 Å². The second-order valence-electron chi connectivity index (χ2n) is 23.8. The Labute approximate surface area is 492 Å². The summed E-state index contributed by atoms with van der Waals surface area (Å²) in [6, 6.07) is 0. The zero-order valence-electron chi connectivity index (χ0n) is 53.2. The maximum atomic E-state index is 12.9. The number of allylic oxidation sites excluding steroid dienone is 8. The van der Waals surface area contributed by atoms with Crippen molar-refractivity contribution in [2.75, 3.05) is 13.2 Å². The number of hydrogen-bond acceptors (Lipinski definition) is 6. The fraction of sp³-hybridized carbons (Fsp3) is 0.849. The Bertz CT molecular complexity index is 1360. The molecule has 0 aliphatic heterocycles. The van der Waals surface area contributed by atoms with Crippen LogP contribution < -0.4 is 0 Å². The molecule has 0 radical (unpaired) electrons. The summed E-state index contributed by atoms with van der Waals surface area (Å²) >= 11 is 0. The molecule has 0 fully saturated rings. The summed E-state index contributed by atoms with van der Waals surface area (Å²) in [4.78, 5) is 38.4. The fourth-order valence-electron chi connectivity index (χ4n) is 10.6. The average Bonchev–Trinajstić information content (AvgIpc) is 3.45. The third kappa shape index (κ3) is 66.1. The van der Waals surface area contributed by atoms with Crippen LogP contribution in [-0.4, -0.2) is 37.2 Å². The minimum atomic E-state index is -0.768. The van der Waals surface area contributed by atoms with Gasteiger partial charge in [0, 0.05) is 19.3 Å². The molecule has 1 unspecified atom stereocenters. The summed E-state index contributed by atoms with van der Waals surface area (Å²) < 4.78 is 17.0. The Morgan fingerprint density at radius 3 is 0.772 bits per heavy atom. The van der Waals surface area contributed by atoms with Crippen LogP contribution in [-0.2, 0) is 28.6 Å². The van der Waals surface area contributed by atoms with Gasteiger partial charge in [0.25, 0.3) is 0 Å². The smallest absolute Gasteiger partial charge is 0.306 e. The van der Waals surface area contributed by atoms with Gasteiger partial charge in [-0.15, -0.1) is 0 Å². The molecule has 0 aliphatic rings. The number of rotatable bonds is 65. The van der Waals surface area contributed by atoms with E-state index in [0.717, 1.165) is 83.5 Å². The first-order chi connectivity index (χ1) is 39.0. The molecule has 0 aliphatic carbocycles. The number of ether oxygens (including phenoxy) is 3. The van der Waals surface area contributed by atoms with E-state index in [1.807, 2.05) is 0 Å². The van der Waals surface area contributed by atoms with Crippen molar-refractivity contribution in [3.63, 3.8) is 0 Å². The number of esters is 3. The molecule has 0 saturated heterocycles. The van der Waals surface area contributed by atoms with Gasteiger partial charge in [-0.3, -0.25) is 14.4 Å². The van der Waals surface area contributed by atoms with Crippen molar-refractivity contribution in [3.8, 4) is 0 Å². The Balaban J connectivity index is 4.20.